The Kier molecular flexibility index (Phi) is 4.80. The molecule has 1 N–H and O–H groups in total. The Balaban J connectivity index is 0.000000810. The summed E-state index contributed by atoms with van der Waals surface area (Å²) in [7, 11) is 0. The molecule has 0 aliphatic heterocycles. The van der Waals surface area contributed by atoms with Crippen LogP contribution in [-0.2, 0) is 0 Å². The van der Waals surface area contributed by atoms with E-state index in [1.807, 2.05) is 19.1 Å². The van der Waals surface area contributed by atoms with Crippen molar-refractivity contribution in [1.29, 1.82) is 0 Å². The zero-order valence-electron chi connectivity index (χ0n) is 5.72. The summed E-state index contributed by atoms with van der Waals surface area (Å²) in [5, 5.41) is 0. The van der Waals surface area contributed by atoms with Crippen molar-refractivity contribution in [3.05, 3.63) is 35.7 Å². The number of nitrogens with one attached hydrogen (secondary N) is 1. The third-order valence-corrected chi connectivity index (χ3v) is 1.14. The number of aryl methyl sites for hydroxylation is 1. The van der Waals surface area contributed by atoms with Gasteiger partial charge in [-0.25, -0.2) is 0 Å². The van der Waals surface area contributed by atoms with Crippen molar-refractivity contribution in [3.63, 3.8) is 0 Å². The second-order valence-corrected chi connectivity index (χ2v) is 1.92. The van der Waals surface area contributed by atoms with Crippen LogP contribution in [0.2, 0.25) is 0 Å². The first-order chi connectivity index (χ1) is 4.33. The van der Waals surface area contributed by atoms with Gasteiger partial charge in [-0.15, -0.1) is 0 Å². The van der Waals surface area contributed by atoms with Crippen LogP contribution in [0.15, 0.2) is 24.3 Å². The van der Waals surface area contributed by atoms with Gasteiger partial charge in [0.2, 0.25) is 0 Å². The van der Waals surface area contributed by atoms with Crippen LogP contribution >= 0.6 is 0 Å². The smallest absolute Gasteiger partial charge is 0.101 e. The van der Waals surface area contributed by atoms with Gasteiger partial charge in [0.15, 0.2) is 0 Å². The molecular weight excluding hydrogens is 352 g/mol. The Morgan fingerprint density at radius 2 is 1.70 bits per heavy atom. The van der Waals surface area contributed by atoms with Gasteiger partial charge in [-0.05, 0) is 19.1 Å². The SMILES string of the molecule is Cc1ccc(O[NH-])cc1.[U]. The van der Waals surface area contributed by atoms with Crippen molar-refractivity contribution in [2.24, 2.45) is 0 Å². The molecule has 0 amide bonds. The van der Waals surface area contributed by atoms with Crippen LogP contribution in [0.1, 0.15) is 5.56 Å². The van der Waals surface area contributed by atoms with Gasteiger partial charge in [-0.3, -0.25) is 0 Å². The van der Waals surface area contributed by atoms with Gasteiger partial charge < -0.3 is 10.7 Å². The van der Waals surface area contributed by atoms with E-state index in [-0.39, 0.29) is 31.1 Å². The Morgan fingerprint density at radius 1 is 1.20 bits per heavy atom. The van der Waals surface area contributed by atoms with Crippen molar-refractivity contribution < 1.29 is 36.0 Å². The van der Waals surface area contributed by atoms with Crippen molar-refractivity contribution in [3.8, 4) is 5.75 Å². The van der Waals surface area contributed by atoms with E-state index in [2.05, 4.69) is 4.84 Å². The van der Waals surface area contributed by atoms with Crippen molar-refractivity contribution in [2.75, 3.05) is 0 Å². The number of hydrogen-bond donors (Lipinski definition) is 0. The zero-order chi connectivity index (χ0) is 6.69. The van der Waals surface area contributed by atoms with Gasteiger partial charge in [-0.2, -0.15) is 0 Å². The van der Waals surface area contributed by atoms with E-state index in [0.29, 0.717) is 5.75 Å². The van der Waals surface area contributed by atoms with Gasteiger partial charge >= 0.3 is 0 Å². The van der Waals surface area contributed by atoms with Crippen LogP contribution in [0.4, 0.5) is 0 Å². The average molecular weight is 360 g/mol. The molecule has 10 heavy (non-hydrogen) atoms. The third-order valence-electron chi connectivity index (χ3n) is 1.14. The van der Waals surface area contributed by atoms with Crippen LogP contribution < -0.4 is 4.84 Å². The quantitative estimate of drug-likeness (QED) is 0.708. The maximum absolute atomic E-state index is 6.51. The van der Waals surface area contributed by atoms with Gasteiger partial charge in [-0.1, -0.05) is 17.7 Å². The zero-order valence-corrected chi connectivity index (χ0v) is 9.88. The summed E-state index contributed by atoms with van der Waals surface area (Å²) in [6.07, 6.45) is 0. The predicted molar refractivity (Wildman–Crippen MR) is 36.1 cm³/mol. The first kappa shape index (κ1) is 10.0. The van der Waals surface area contributed by atoms with E-state index in [0.717, 1.165) is 0 Å². The molecule has 0 unspecified atom stereocenters. The number of hydrogen-bond acceptors (Lipinski definition) is 1. The third kappa shape index (κ3) is 2.74. The molecule has 0 saturated carbocycles. The predicted octanol–water partition coefficient (Wildman–Crippen LogP) is 2.34. The second kappa shape index (κ2) is 4.79. The van der Waals surface area contributed by atoms with Crippen LogP contribution in [0.3, 0.4) is 0 Å². The van der Waals surface area contributed by atoms with E-state index < -0.39 is 0 Å². The summed E-state index contributed by atoms with van der Waals surface area (Å²) in [6, 6.07) is 7.35. The summed E-state index contributed by atoms with van der Waals surface area (Å²) in [6.45, 7) is 1.99. The maximum atomic E-state index is 6.51. The van der Waals surface area contributed by atoms with Gasteiger partial charge in [0.1, 0.15) is 5.75 Å². The molecule has 1 aromatic carbocycles. The second-order valence-electron chi connectivity index (χ2n) is 1.92. The first-order valence-corrected chi connectivity index (χ1v) is 2.73. The molecule has 0 radical (unpaired) electrons. The molecule has 1 rings (SSSR count). The molecule has 0 aliphatic carbocycles. The largest absolute Gasteiger partial charge is 0.590 e. The molecule has 0 heterocycles. The van der Waals surface area contributed by atoms with Crippen molar-refractivity contribution in [2.45, 2.75) is 6.92 Å². The van der Waals surface area contributed by atoms with E-state index >= 15 is 0 Å². The number of rotatable bonds is 1. The monoisotopic (exact) mass is 360 g/mol. The molecule has 2 nitrogen and oxygen atoms in total. The minimum Gasteiger partial charge on any atom is -0.590 e. The summed E-state index contributed by atoms with van der Waals surface area (Å²) in [5.41, 5.74) is 1.18. The molecule has 0 atom stereocenters. The molecule has 0 aromatic heterocycles. The van der Waals surface area contributed by atoms with Crippen LogP contribution in [0.5, 0.6) is 5.75 Å². The van der Waals surface area contributed by atoms with Crippen LogP contribution in [0, 0.1) is 38.0 Å². The van der Waals surface area contributed by atoms with E-state index in [1.165, 1.54) is 5.56 Å². The summed E-state index contributed by atoms with van der Waals surface area (Å²) in [4.78, 5) is 4.22. The average Bonchev–Trinajstić information content (AvgIpc) is 1.90. The summed E-state index contributed by atoms with van der Waals surface area (Å²) < 4.78 is 0. The molecule has 0 saturated heterocycles. The van der Waals surface area contributed by atoms with Gasteiger partial charge in [0.05, 0.1) is 0 Å². The van der Waals surface area contributed by atoms with Crippen LogP contribution in [0.25, 0.3) is 5.90 Å². The van der Waals surface area contributed by atoms with E-state index in [9.17, 15) is 0 Å². The molecule has 52 valence electrons. The molecule has 0 fully saturated rings. The minimum atomic E-state index is 0. The Labute approximate surface area is 84.1 Å². The van der Waals surface area contributed by atoms with Gasteiger partial charge in [0, 0.05) is 31.1 Å². The molecule has 0 spiro atoms. The molecular formula is C7H8NOU-. The fraction of sp³-hybridized carbons (Fsp3) is 0.143. The van der Waals surface area contributed by atoms with Crippen LogP contribution in [-0.4, -0.2) is 0 Å². The Bertz CT molecular complexity index is 185. The standard InChI is InChI=1S/C7H8NO.U/c1-6-2-4-7(9-8)5-3-6;/h2-5,8H,1H3;/q-1;. The van der Waals surface area contributed by atoms with E-state index in [1.54, 1.807) is 12.1 Å². The number of benzene rings is 1. The molecule has 0 aliphatic rings. The Morgan fingerprint density at radius 3 is 2.10 bits per heavy atom. The normalized spacial score (nSPS) is 8.20. The summed E-state index contributed by atoms with van der Waals surface area (Å²) in [5.74, 6) is 7.10. The van der Waals surface area contributed by atoms with E-state index in [4.69, 9.17) is 5.90 Å². The Hall–Kier alpha value is 0.0319. The van der Waals surface area contributed by atoms with Gasteiger partial charge in [0.25, 0.3) is 0 Å². The molecule has 1 aromatic rings. The fourth-order valence-corrected chi connectivity index (χ4v) is 0.606. The summed E-state index contributed by atoms with van der Waals surface area (Å²) >= 11 is 0. The first-order valence-electron chi connectivity index (χ1n) is 2.73. The topological polar surface area (TPSA) is 33.0 Å². The van der Waals surface area contributed by atoms with Crippen molar-refractivity contribution in [1.82, 2.24) is 0 Å². The fourth-order valence-electron chi connectivity index (χ4n) is 0.606. The maximum Gasteiger partial charge on any atom is 0.101 e. The molecule has 0 bridgehead atoms. The molecule has 3 heteroatoms. The van der Waals surface area contributed by atoms with Crippen molar-refractivity contribution >= 4 is 0 Å². The minimum absolute atomic E-state index is 0.